The number of fused-ring (bicyclic) bond motifs is 6. The molecule has 10 rings (SSSR count). The molecule has 0 radical (unpaired) electrons. The van der Waals surface area contributed by atoms with Crippen molar-refractivity contribution in [3.05, 3.63) is 186 Å². The molecule has 244 valence electrons. The fourth-order valence-electron chi connectivity index (χ4n) is 9.42. The molecule has 0 N–H and O–H groups in total. The summed E-state index contributed by atoms with van der Waals surface area (Å²) in [4.78, 5) is 2.55. The molecule has 1 heteroatoms. The van der Waals surface area contributed by atoms with Crippen LogP contribution in [0.1, 0.15) is 49.9 Å². The van der Waals surface area contributed by atoms with E-state index in [0.29, 0.717) is 0 Å². The molecular weight excluding hydrogens is 615 g/mol. The summed E-state index contributed by atoms with van der Waals surface area (Å²) >= 11 is 0. The summed E-state index contributed by atoms with van der Waals surface area (Å²) < 4.78 is 0. The quantitative estimate of drug-likeness (QED) is 0.183. The molecule has 2 aliphatic carbocycles. The Morgan fingerprint density at radius 1 is 0.412 bits per heavy atom. The van der Waals surface area contributed by atoms with Crippen molar-refractivity contribution in [3.8, 4) is 33.4 Å². The second-order valence-corrected chi connectivity index (χ2v) is 15.3. The summed E-state index contributed by atoms with van der Waals surface area (Å²) in [6, 6.07) is 61.1. The Hall–Kier alpha value is -5.92. The van der Waals surface area contributed by atoms with Gasteiger partial charge in [0.05, 0.1) is 11.4 Å². The van der Waals surface area contributed by atoms with E-state index in [9.17, 15) is 0 Å². The largest absolute Gasteiger partial charge is 0.309 e. The van der Waals surface area contributed by atoms with Gasteiger partial charge < -0.3 is 4.90 Å². The van der Waals surface area contributed by atoms with Crippen LogP contribution < -0.4 is 4.90 Å². The first-order valence-electron chi connectivity index (χ1n) is 18.1. The van der Waals surface area contributed by atoms with Gasteiger partial charge in [0.1, 0.15) is 0 Å². The minimum atomic E-state index is -0.208. The van der Waals surface area contributed by atoms with Crippen molar-refractivity contribution >= 4 is 38.6 Å². The molecule has 8 aromatic rings. The van der Waals surface area contributed by atoms with Crippen LogP contribution in [0.15, 0.2) is 164 Å². The van der Waals surface area contributed by atoms with Crippen LogP contribution in [0.2, 0.25) is 0 Å². The second kappa shape index (κ2) is 10.8. The third kappa shape index (κ3) is 4.22. The average molecular weight is 654 g/mol. The van der Waals surface area contributed by atoms with Gasteiger partial charge in [-0.15, -0.1) is 0 Å². The van der Waals surface area contributed by atoms with E-state index in [-0.39, 0.29) is 10.8 Å². The molecule has 2 aliphatic rings. The average Bonchev–Trinajstić information content (AvgIpc) is 3.40. The van der Waals surface area contributed by atoms with E-state index >= 15 is 0 Å². The lowest BCUT2D eigenvalue weighted by atomic mass is 9.66. The Balaban J connectivity index is 1.32. The Bertz CT molecular complexity index is 2690. The highest BCUT2D eigenvalue weighted by atomic mass is 15.1. The zero-order chi connectivity index (χ0) is 34.5. The lowest BCUT2D eigenvalue weighted by Crippen LogP contribution is -2.25. The molecule has 0 fully saturated rings. The first kappa shape index (κ1) is 29.9. The van der Waals surface area contributed by atoms with Gasteiger partial charge in [0.25, 0.3) is 0 Å². The summed E-state index contributed by atoms with van der Waals surface area (Å²) in [6.45, 7) is 9.56. The number of anilines is 3. The van der Waals surface area contributed by atoms with Gasteiger partial charge in [0.15, 0.2) is 0 Å². The van der Waals surface area contributed by atoms with Crippen molar-refractivity contribution in [2.45, 2.75) is 38.5 Å². The maximum Gasteiger partial charge on any atom is 0.0546 e. The first-order chi connectivity index (χ1) is 24.8. The SMILES string of the molecule is CC1(C)c2ccccc2-c2ccc(N(c3ccc4cccc5c4c3-c3cccc(-c4ccccc4)c3C5(C)C)c3cccc4ccccc34)cc21. The van der Waals surface area contributed by atoms with Crippen molar-refractivity contribution in [2.75, 3.05) is 4.90 Å². The summed E-state index contributed by atoms with van der Waals surface area (Å²) in [7, 11) is 0. The monoisotopic (exact) mass is 653 g/mol. The van der Waals surface area contributed by atoms with Gasteiger partial charge in [-0.2, -0.15) is 0 Å². The van der Waals surface area contributed by atoms with Crippen molar-refractivity contribution in [3.63, 3.8) is 0 Å². The smallest absolute Gasteiger partial charge is 0.0546 e. The van der Waals surface area contributed by atoms with Gasteiger partial charge in [-0.25, -0.2) is 0 Å². The van der Waals surface area contributed by atoms with E-state index < -0.39 is 0 Å². The molecular formula is C50H39N. The molecule has 0 bridgehead atoms. The Kier molecular flexibility index (Phi) is 6.34. The molecule has 0 atom stereocenters. The summed E-state index contributed by atoms with van der Waals surface area (Å²) in [5.74, 6) is 0. The minimum absolute atomic E-state index is 0.113. The predicted octanol–water partition coefficient (Wildman–Crippen LogP) is 13.7. The number of nitrogens with zero attached hydrogens (tertiary/aromatic N) is 1. The van der Waals surface area contributed by atoms with Gasteiger partial charge in [-0.1, -0.05) is 167 Å². The lowest BCUT2D eigenvalue weighted by molar-refractivity contribution is 0.647. The summed E-state index contributed by atoms with van der Waals surface area (Å²) in [5, 5.41) is 5.09. The van der Waals surface area contributed by atoms with Gasteiger partial charge in [-0.3, -0.25) is 0 Å². The molecule has 0 amide bonds. The van der Waals surface area contributed by atoms with E-state index in [1.54, 1.807) is 0 Å². The summed E-state index contributed by atoms with van der Waals surface area (Å²) in [6.07, 6.45) is 0. The molecule has 0 aliphatic heterocycles. The van der Waals surface area contributed by atoms with Crippen LogP contribution in [0.3, 0.4) is 0 Å². The number of hydrogen-bond donors (Lipinski definition) is 0. The number of rotatable bonds is 4. The zero-order valence-electron chi connectivity index (χ0n) is 29.5. The Labute approximate surface area is 300 Å². The predicted molar refractivity (Wildman–Crippen MR) is 217 cm³/mol. The molecule has 0 aromatic heterocycles. The van der Waals surface area contributed by atoms with Crippen LogP contribution in [0.25, 0.3) is 54.9 Å². The van der Waals surface area contributed by atoms with E-state index in [4.69, 9.17) is 0 Å². The summed E-state index contributed by atoms with van der Waals surface area (Å²) in [5.41, 5.74) is 16.6. The second-order valence-electron chi connectivity index (χ2n) is 15.3. The highest BCUT2D eigenvalue weighted by Crippen LogP contribution is 2.57. The van der Waals surface area contributed by atoms with E-state index in [1.165, 1.54) is 94.2 Å². The lowest BCUT2D eigenvalue weighted by Gasteiger charge is -2.39. The zero-order valence-corrected chi connectivity index (χ0v) is 29.5. The Morgan fingerprint density at radius 2 is 1.06 bits per heavy atom. The fraction of sp³-hybridized carbons (Fsp3) is 0.120. The number of benzene rings is 8. The van der Waals surface area contributed by atoms with Crippen LogP contribution in [0.5, 0.6) is 0 Å². The maximum atomic E-state index is 2.55. The van der Waals surface area contributed by atoms with Crippen molar-refractivity contribution in [1.82, 2.24) is 0 Å². The van der Waals surface area contributed by atoms with Gasteiger partial charge in [-0.05, 0) is 90.5 Å². The van der Waals surface area contributed by atoms with Crippen molar-refractivity contribution in [1.29, 1.82) is 0 Å². The standard InChI is InChI=1S/C50H39N/c1-49(2)41-24-11-10-21-38(41)39-29-28-35(31-43(39)49)51(44-26-13-18-32-17-8-9-20-36(32)44)45-30-27-34-19-12-25-42-46(34)47(45)40-23-14-22-37(48(40)50(42,3)4)33-15-6-5-7-16-33/h5-31H,1-4H3. The number of hydrogen-bond acceptors (Lipinski definition) is 1. The van der Waals surface area contributed by atoms with Gasteiger partial charge in [0, 0.05) is 27.5 Å². The van der Waals surface area contributed by atoms with Crippen molar-refractivity contribution in [2.24, 2.45) is 0 Å². The van der Waals surface area contributed by atoms with Crippen LogP contribution >= 0.6 is 0 Å². The van der Waals surface area contributed by atoms with Crippen LogP contribution in [-0.2, 0) is 10.8 Å². The molecule has 0 saturated heterocycles. The molecule has 8 aromatic carbocycles. The third-order valence-corrected chi connectivity index (χ3v) is 11.8. The molecule has 1 nitrogen and oxygen atoms in total. The maximum absolute atomic E-state index is 2.55. The molecule has 0 heterocycles. The topological polar surface area (TPSA) is 3.24 Å². The van der Waals surface area contributed by atoms with Crippen LogP contribution in [-0.4, -0.2) is 0 Å². The highest BCUT2D eigenvalue weighted by Gasteiger charge is 2.39. The first-order valence-corrected chi connectivity index (χ1v) is 18.1. The molecule has 0 unspecified atom stereocenters. The van der Waals surface area contributed by atoms with E-state index in [1.807, 2.05) is 0 Å². The fourth-order valence-corrected chi connectivity index (χ4v) is 9.42. The third-order valence-electron chi connectivity index (χ3n) is 11.8. The van der Waals surface area contributed by atoms with Gasteiger partial charge in [0.2, 0.25) is 0 Å². The molecule has 51 heavy (non-hydrogen) atoms. The van der Waals surface area contributed by atoms with E-state index in [2.05, 4.69) is 196 Å². The van der Waals surface area contributed by atoms with Crippen LogP contribution in [0.4, 0.5) is 17.1 Å². The van der Waals surface area contributed by atoms with E-state index in [0.717, 1.165) is 0 Å². The molecule has 0 saturated carbocycles. The van der Waals surface area contributed by atoms with Gasteiger partial charge >= 0.3 is 0 Å². The highest BCUT2D eigenvalue weighted by molar-refractivity contribution is 6.12. The minimum Gasteiger partial charge on any atom is -0.309 e. The molecule has 0 spiro atoms. The Morgan fingerprint density at radius 3 is 1.94 bits per heavy atom. The van der Waals surface area contributed by atoms with Crippen LogP contribution in [0, 0.1) is 0 Å². The van der Waals surface area contributed by atoms with Crippen molar-refractivity contribution < 1.29 is 0 Å². The normalized spacial score (nSPS) is 14.6.